The highest BCUT2D eigenvalue weighted by atomic mass is 15.0. The van der Waals surface area contributed by atoms with E-state index in [1.807, 2.05) is 0 Å². The Morgan fingerprint density at radius 2 is 1.93 bits per heavy atom. The van der Waals surface area contributed by atoms with Gasteiger partial charge in [0.1, 0.15) is 5.65 Å². The summed E-state index contributed by atoms with van der Waals surface area (Å²) < 4.78 is 2.21. The zero-order valence-electron chi connectivity index (χ0n) is 8.33. The Hall–Kier alpha value is -1.70. The maximum Gasteiger partial charge on any atom is 0.118 e. The molecular weight excluding hydrogens is 172 g/mol. The summed E-state index contributed by atoms with van der Waals surface area (Å²) in [6, 6.07) is 10.7. The highest BCUT2D eigenvalue weighted by Gasteiger charge is 2.08. The lowest BCUT2D eigenvalue weighted by Crippen LogP contribution is -1.87. The first-order valence-corrected chi connectivity index (χ1v) is 4.80. The first-order valence-electron chi connectivity index (χ1n) is 4.80. The molecule has 2 heteroatoms. The van der Waals surface area contributed by atoms with Gasteiger partial charge in [-0.2, -0.15) is 0 Å². The minimum atomic E-state index is 1.21. The first kappa shape index (κ1) is 7.68. The summed E-state index contributed by atoms with van der Waals surface area (Å²) in [6.07, 6.45) is 0. The van der Waals surface area contributed by atoms with Crippen LogP contribution in [0.5, 0.6) is 0 Å². The molecule has 3 aromatic rings. The van der Waals surface area contributed by atoms with E-state index in [2.05, 4.69) is 53.9 Å². The summed E-state index contributed by atoms with van der Waals surface area (Å²) in [4.78, 5) is 3.38. The van der Waals surface area contributed by atoms with E-state index in [1.165, 1.54) is 27.6 Å². The Morgan fingerprint density at radius 1 is 1.14 bits per heavy atom. The molecule has 0 aliphatic rings. The van der Waals surface area contributed by atoms with Gasteiger partial charge in [0.2, 0.25) is 0 Å². The SMILES string of the molecule is Cc1cc2c3ccccc3n(C)c2[nH]1. The number of hydrogen-bond donors (Lipinski definition) is 1. The van der Waals surface area contributed by atoms with Gasteiger partial charge in [0, 0.05) is 29.0 Å². The van der Waals surface area contributed by atoms with Crippen molar-refractivity contribution in [3.05, 3.63) is 36.0 Å². The normalized spacial score (nSPS) is 11.6. The Labute approximate surface area is 82.2 Å². The summed E-state index contributed by atoms with van der Waals surface area (Å²) in [5.41, 5.74) is 3.72. The van der Waals surface area contributed by atoms with Crippen LogP contribution >= 0.6 is 0 Å². The number of aryl methyl sites for hydroxylation is 2. The molecule has 0 saturated heterocycles. The molecule has 0 bridgehead atoms. The van der Waals surface area contributed by atoms with Crippen LogP contribution in [0.3, 0.4) is 0 Å². The Morgan fingerprint density at radius 3 is 2.79 bits per heavy atom. The van der Waals surface area contributed by atoms with Gasteiger partial charge in [-0.15, -0.1) is 0 Å². The van der Waals surface area contributed by atoms with Crippen molar-refractivity contribution in [3.8, 4) is 0 Å². The minimum absolute atomic E-state index is 1.21. The van der Waals surface area contributed by atoms with Gasteiger partial charge in [0.25, 0.3) is 0 Å². The molecule has 0 unspecified atom stereocenters. The third-order valence-electron chi connectivity index (χ3n) is 2.82. The second-order valence-corrected chi connectivity index (χ2v) is 3.79. The molecule has 14 heavy (non-hydrogen) atoms. The lowest BCUT2D eigenvalue weighted by Gasteiger charge is -1.95. The second-order valence-electron chi connectivity index (χ2n) is 3.79. The molecule has 70 valence electrons. The molecule has 0 atom stereocenters. The lowest BCUT2D eigenvalue weighted by atomic mass is 10.2. The average Bonchev–Trinajstić information content (AvgIpc) is 2.68. The van der Waals surface area contributed by atoms with Gasteiger partial charge in [-0.25, -0.2) is 0 Å². The van der Waals surface area contributed by atoms with E-state index in [0.29, 0.717) is 0 Å². The molecule has 0 saturated carbocycles. The number of nitrogens with zero attached hydrogens (tertiary/aromatic N) is 1. The van der Waals surface area contributed by atoms with Crippen molar-refractivity contribution in [3.63, 3.8) is 0 Å². The van der Waals surface area contributed by atoms with E-state index in [0.717, 1.165) is 0 Å². The summed E-state index contributed by atoms with van der Waals surface area (Å²) in [5, 5.41) is 2.65. The number of benzene rings is 1. The van der Waals surface area contributed by atoms with Gasteiger partial charge in [0.05, 0.1) is 0 Å². The van der Waals surface area contributed by atoms with Crippen molar-refractivity contribution in [2.75, 3.05) is 0 Å². The number of fused-ring (bicyclic) bond motifs is 3. The van der Waals surface area contributed by atoms with E-state index in [4.69, 9.17) is 0 Å². The zero-order chi connectivity index (χ0) is 9.71. The van der Waals surface area contributed by atoms with Crippen molar-refractivity contribution < 1.29 is 0 Å². The average molecular weight is 184 g/mol. The van der Waals surface area contributed by atoms with E-state index in [-0.39, 0.29) is 0 Å². The number of rotatable bonds is 0. The van der Waals surface area contributed by atoms with E-state index < -0.39 is 0 Å². The van der Waals surface area contributed by atoms with Gasteiger partial charge in [-0.05, 0) is 19.1 Å². The molecule has 1 aromatic carbocycles. The number of nitrogens with one attached hydrogen (secondary N) is 1. The van der Waals surface area contributed by atoms with Crippen molar-refractivity contribution in [1.82, 2.24) is 9.55 Å². The Kier molecular flexibility index (Phi) is 1.32. The molecule has 2 nitrogen and oxygen atoms in total. The van der Waals surface area contributed by atoms with E-state index >= 15 is 0 Å². The molecule has 3 rings (SSSR count). The Balaban J connectivity index is 2.65. The fourth-order valence-corrected chi connectivity index (χ4v) is 2.16. The van der Waals surface area contributed by atoms with Gasteiger partial charge in [-0.1, -0.05) is 18.2 Å². The molecule has 2 aromatic heterocycles. The van der Waals surface area contributed by atoms with E-state index in [9.17, 15) is 0 Å². The third-order valence-corrected chi connectivity index (χ3v) is 2.82. The van der Waals surface area contributed by atoms with Gasteiger partial charge in [-0.3, -0.25) is 0 Å². The van der Waals surface area contributed by atoms with Crippen molar-refractivity contribution >= 4 is 21.9 Å². The van der Waals surface area contributed by atoms with Crippen LogP contribution in [0.15, 0.2) is 30.3 Å². The molecule has 1 N–H and O–H groups in total. The molecule has 0 fully saturated rings. The van der Waals surface area contributed by atoms with Crippen LogP contribution in [0.2, 0.25) is 0 Å². The first-order chi connectivity index (χ1) is 6.77. The fraction of sp³-hybridized carbons (Fsp3) is 0.167. The van der Waals surface area contributed by atoms with Crippen LogP contribution in [0.25, 0.3) is 21.9 Å². The van der Waals surface area contributed by atoms with Crippen LogP contribution in [0.4, 0.5) is 0 Å². The van der Waals surface area contributed by atoms with Gasteiger partial charge < -0.3 is 9.55 Å². The topological polar surface area (TPSA) is 20.7 Å². The highest BCUT2D eigenvalue weighted by Crippen LogP contribution is 2.27. The number of aromatic nitrogens is 2. The summed E-state index contributed by atoms with van der Waals surface area (Å²) in [7, 11) is 2.10. The summed E-state index contributed by atoms with van der Waals surface area (Å²) in [6.45, 7) is 2.09. The maximum atomic E-state index is 3.38. The highest BCUT2D eigenvalue weighted by molar-refractivity contribution is 6.07. The molecule has 0 radical (unpaired) electrons. The quantitative estimate of drug-likeness (QED) is 0.554. The lowest BCUT2D eigenvalue weighted by molar-refractivity contribution is 0.988. The maximum absolute atomic E-state index is 3.38. The number of hydrogen-bond acceptors (Lipinski definition) is 0. The van der Waals surface area contributed by atoms with Gasteiger partial charge >= 0.3 is 0 Å². The van der Waals surface area contributed by atoms with Crippen LogP contribution < -0.4 is 0 Å². The summed E-state index contributed by atoms with van der Waals surface area (Å²) in [5.74, 6) is 0. The van der Waals surface area contributed by atoms with Crippen LogP contribution in [0.1, 0.15) is 5.69 Å². The number of para-hydroxylation sites is 1. The molecular formula is C12H12N2. The monoisotopic (exact) mass is 184 g/mol. The molecule has 0 aliphatic heterocycles. The Bertz CT molecular complexity index is 614. The smallest absolute Gasteiger partial charge is 0.118 e. The van der Waals surface area contributed by atoms with Crippen molar-refractivity contribution in [1.29, 1.82) is 0 Å². The molecule has 0 amide bonds. The third kappa shape index (κ3) is 0.803. The minimum Gasteiger partial charge on any atom is -0.345 e. The van der Waals surface area contributed by atoms with Crippen LogP contribution in [-0.2, 0) is 7.05 Å². The second kappa shape index (κ2) is 2.41. The van der Waals surface area contributed by atoms with Crippen LogP contribution in [-0.4, -0.2) is 9.55 Å². The van der Waals surface area contributed by atoms with Gasteiger partial charge in [0.15, 0.2) is 0 Å². The standard InChI is InChI=1S/C12H12N2/c1-8-7-10-9-5-3-4-6-11(9)14(2)12(10)13-8/h3-7,13H,1-2H3. The zero-order valence-corrected chi connectivity index (χ0v) is 8.33. The predicted octanol–water partition coefficient (Wildman–Crippen LogP) is 2.97. The van der Waals surface area contributed by atoms with Crippen molar-refractivity contribution in [2.45, 2.75) is 6.92 Å². The summed E-state index contributed by atoms with van der Waals surface area (Å²) >= 11 is 0. The number of H-pyrrole nitrogens is 1. The fourth-order valence-electron chi connectivity index (χ4n) is 2.16. The molecule has 0 spiro atoms. The number of aromatic amines is 1. The largest absolute Gasteiger partial charge is 0.345 e. The van der Waals surface area contributed by atoms with Crippen molar-refractivity contribution in [2.24, 2.45) is 7.05 Å². The van der Waals surface area contributed by atoms with Crippen LogP contribution in [0, 0.1) is 6.92 Å². The molecule has 2 heterocycles. The van der Waals surface area contributed by atoms with E-state index in [1.54, 1.807) is 0 Å². The predicted molar refractivity (Wildman–Crippen MR) is 59.5 cm³/mol. The molecule has 0 aliphatic carbocycles.